The fourth-order valence-electron chi connectivity index (χ4n) is 7.23. The fraction of sp³-hybridized carbons (Fsp3) is 0. The average Bonchev–Trinajstić information content (AvgIpc) is 3.69. The van der Waals surface area contributed by atoms with E-state index in [1.54, 1.807) is 0 Å². The summed E-state index contributed by atoms with van der Waals surface area (Å²) in [5.74, 6) is 0. The van der Waals surface area contributed by atoms with Crippen LogP contribution in [-0.4, -0.2) is 0 Å². The van der Waals surface area contributed by atoms with E-state index in [0.29, 0.717) is 0 Å². The Labute approximate surface area is 275 Å². The van der Waals surface area contributed by atoms with Gasteiger partial charge in [0, 0.05) is 36.9 Å². The van der Waals surface area contributed by atoms with E-state index in [4.69, 9.17) is 4.42 Å². The van der Waals surface area contributed by atoms with Crippen molar-refractivity contribution in [3.05, 3.63) is 164 Å². The Morgan fingerprint density at radius 3 is 2.06 bits per heavy atom. The molecular formula is C44H27NOS. The second kappa shape index (κ2) is 10.3. The van der Waals surface area contributed by atoms with Crippen LogP contribution in [0.4, 0.5) is 17.1 Å². The van der Waals surface area contributed by atoms with Crippen molar-refractivity contribution in [2.45, 2.75) is 0 Å². The number of para-hydroxylation sites is 1. The molecule has 0 spiro atoms. The summed E-state index contributed by atoms with van der Waals surface area (Å²) < 4.78 is 8.99. The van der Waals surface area contributed by atoms with Crippen molar-refractivity contribution in [2.75, 3.05) is 4.90 Å². The topological polar surface area (TPSA) is 16.4 Å². The van der Waals surface area contributed by atoms with E-state index in [-0.39, 0.29) is 0 Å². The number of rotatable bonds is 4. The molecule has 0 saturated carbocycles. The van der Waals surface area contributed by atoms with Gasteiger partial charge in [0.2, 0.25) is 0 Å². The fourth-order valence-corrected chi connectivity index (χ4v) is 8.37. The molecule has 47 heavy (non-hydrogen) atoms. The van der Waals surface area contributed by atoms with Gasteiger partial charge in [-0.05, 0) is 93.3 Å². The van der Waals surface area contributed by atoms with Gasteiger partial charge in [-0.15, -0.1) is 11.3 Å². The smallest absolute Gasteiger partial charge is 0.137 e. The molecule has 0 bridgehead atoms. The largest absolute Gasteiger partial charge is 0.456 e. The lowest BCUT2D eigenvalue weighted by Crippen LogP contribution is -2.10. The first-order chi connectivity index (χ1) is 23.3. The summed E-state index contributed by atoms with van der Waals surface area (Å²) in [6, 6.07) is 59.1. The summed E-state index contributed by atoms with van der Waals surface area (Å²) in [5.41, 5.74) is 7.50. The zero-order chi connectivity index (χ0) is 30.9. The molecule has 0 unspecified atom stereocenters. The average molecular weight is 618 g/mol. The van der Waals surface area contributed by atoms with Crippen LogP contribution in [-0.2, 0) is 0 Å². The zero-order valence-corrected chi connectivity index (χ0v) is 26.2. The molecule has 0 atom stereocenters. The van der Waals surface area contributed by atoms with Crippen LogP contribution < -0.4 is 4.90 Å². The van der Waals surface area contributed by atoms with Crippen LogP contribution in [0, 0.1) is 0 Å². The molecule has 0 saturated heterocycles. The highest BCUT2D eigenvalue weighted by atomic mass is 32.1. The number of anilines is 3. The molecule has 2 heterocycles. The molecule has 10 rings (SSSR count). The molecule has 0 aliphatic carbocycles. The maximum Gasteiger partial charge on any atom is 0.137 e. The molecule has 10 aromatic rings. The molecule has 0 radical (unpaired) electrons. The SMILES string of the molecule is c1ccc2c(-c3ccc(N(c4ccc5cc6c(cc5c4)sc4ccccc46)c4cccc5oc6ccccc6c45)cc3)cccc2c1. The molecular weight excluding hydrogens is 591 g/mol. The molecule has 3 heteroatoms. The summed E-state index contributed by atoms with van der Waals surface area (Å²) in [4.78, 5) is 2.38. The third kappa shape index (κ3) is 4.17. The van der Waals surface area contributed by atoms with Crippen molar-refractivity contribution in [3.8, 4) is 11.1 Å². The van der Waals surface area contributed by atoms with Crippen LogP contribution >= 0.6 is 11.3 Å². The Morgan fingerprint density at radius 1 is 0.426 bits per heavy atom. The van der Waals surface area contributed by atoms with E-state index in [0.717, 1.165) is 39.0 Å². The third-order valence-electron chi connectivity index (χ3n) is 9.43. The van der Waals surface area contributed by atoms with Gasteiger partial charge in [-0.3, -0.25) is 0 Å². The predicted octanol–water partition coefficient (Wildman–Crippen LogP) is 13.4. The van der Waals surface area contributed by atoms with E-state index in [9.17, 15) is 0 Å². The van der Waals surface area contributed by atoms with Gasteiger partial charge in [0.05, 0.1) is 11.1 Å². The van der Waals surface area contributed by atoms with E-state index in [2.05, 4.69) is 163 Å². The highest BCUT2D eigenvalue weighted by molar-refractivity contribution is 7.25. The maximum absolute atomic E-state index is 6.35. The first-order valence-corrected chi connectivity index (χ1v) is 16.7. The summed E-state index contributed by atoms with van der Waals surface area (Å²) in [6.45, 7) is 0. The highest BCUT2D eigenvalue weighted by Crippen LogP contribution is 2.45. The van der Waals surface area contributed by atoms with Crippen molar-refractivity contribution < 1.29 is 4.42 Å². The monoisotopic (exact) mass is 617 g/mol. The van der Waals surface area contributed by atoms with E-state index < -0.39 is 0 Å². The summed E-state index contributed by atoms with van der Waals surface area (Å²) >= 11 is 1.86. The molecule has 0 fully saturated rings. The van der Waals surface area contributed by atoms with Gasteiger partial charge < -0.3 is 9.32 Å². The van der Waals surface area contributed by atoms with Crippen LogP contribution in [0.2, 0.25) is 0 Å². The molecule has 0 N–H and O–H groups in total. The van der Waals surface area contributed by atoms with Crippen LogP contribution in [0.1, 0.15) is 0 Å². The van der Waals surface area contributed by atoms with Gasteiger partial charge in [0.25, 0.3) is 0 Å². The lowest BCUT2D eigenvalue weighted by Gasteiger charge is -2.27. The summed E-state index contributed by atoms with van der Waals surface area (Å²) in [6.07, 6.45) is 0. The summed E-state index contributed by atoms with van der Waals surface area (Å²) in [5, 5.41) is 9.84. The van der Waals surface area contributed by atoms with E-state index >= 15 is 0 Å². The number of nitrogens with zero attached hydrogens (tertiary/aromatic N) is 1. The normalized spacial score (nSPS) is 11.8. The van der Waals surface area contributed by atoms with E-state index in [1.807, 2.05) is 17.4 Å². The number of hydrogen-bond donors (Lipinski definition) is 0. The lowest BCUT2D eigenvalue weighted by atomic mass is 9.98. The molecule has 2 aromatic heterocycles. The molecule has 0 aliphatic heterocycles. The minimum absolute atomic E-state index is 0.883. The Balaban J connectivity index is 1.19. The van der Waals surface area contributed by atoms with Gasteiger partial charge in [0.15, 0.2) is 0 Å². The predicted molar refractivity (Wildman–Crippen MR) is 202 cm³/mol. The van der Waals surface area contributed by atoms with Crippen molar-refractivity contribution >= 4 is 92.1 Å². The van der Waals surface area contributed by atoms with Crippen molar-refractivity contribution in [3.63, 3.8) is 0 Å². The second-order valence-corrected chi connectivity index (χ2v) is 13.2. The number of thiophene rings is 1. The molecule has 2 nitrogen and oxygen atoms in total. The number of fused-ring (bicyclic) bond motifs is 8. The van der Waals surface area contributed by atoms with Crippen LogP contribution in [0.25, 0.3) is 74.8 Å². The maximum atomic E-state index is 6.35. The Bertz CT molecular complexity index is 2800. The number of hydrogen-bond acceptors (Lipinski definition) is 3. The van der Waals surface area contributed by atoms with Gasteiger partial charge in [-0.25, -0.2) is 0 Å². The first kappa shape index (κ1) is 26.3. The molecule has 0 amide bonds. The number of benzene rings is 8. The van der Waals surface area contributed by atoms with Crippen LogP contribution in [0.5, 0.6) is 0 Å². The first-order valence-electron chi connectivity index (χ1n) is 15.9. The molecule has 220 valence electrons. The van der Waals surface area contributed by atoms with Gasteiger partial charge >= 0.3 is 0 Å². The number of furan rings is 1. The molecule has 0 aliphatic rings. The minimum atomic E-state index is 0.883. The van der Waals surface area contributed by atoms with Crippen molar-refractivity contribution in [2.24, 2.45) is 0 Å². The summed E-state index contributed by atoms with van der Waals surface area (Å²) in [7, 11) is 0. The Morgan fingerprint density at radius 2 is 1.15 bits per heavy atom. The zero-order valence-electron chi connectivity index (χ0n) is 25.4. The van der Waals surface area contributed by atoms with Gasteiger partial charge in [-0.2, -0.15) is 0 Å². The van der Waals surface area contributed by atoms with Gasteiger partial charge in [-0.1, -0.05) is 103 Å². The standard InChI is InChI=1S/C44H27NOS/c1-2-11-34-28(9-1)10-7-14-35(34)29-19-22-32(23-20-29)45(39-15-8-17-41-44(39)37-13-3-5-16-40(37)46-41)33-24-21-30-26-38-36-12-4-6-18-42(36)47-43(38)27-31(30)25-33/h1-27H. The second-order valence-electron chi connectivity index (χ2n) is 12.1. The Hall–Kier alpha value is -5.90. The molecule has 8 aromatic carbocycles. The minimum Gasteiger partial charge on any atom is -0.456 e. The quantitative estimate of drug-likeness (QED) is 0.195. The van der Waals surface area contributed by atoms with Crippen molar-refractivity contribution in [1.29, 1.82) is 0 Å². The van der Waals surface area contributed by atoms with E-state index in [1.165, 1.54) is 52.8 Å². The van der Waals surface area contributed by atoms with Gasteiger partial charge in [0.1, 0.15) is 11.2 Å². The lowest BCUT2D eigenvalue weighted by molar-refractivity contribution is 0.669. The van der Waals surface area contributed by atoms with Crippen molar-refractivity contribution in [1.82, 2.24) is 0 Å². The Kier molecular flexibility index (Phi) is 5.78. The van der Waals surface area contributed by atoms with Crippen LogP contribution in [0.3, 0.4) is 0 Å². The van der Waals surface area contributed by atoms with Crippen LogP contribution in [0.15, 0.2) is 168 Å². The third-order valence-corrected chi connectivity index (χ3v) is 10.6. The highest BCUT2D eigenvalue weighted by Gasteiger charge is 2.20.